The van der Waals surface area contributed by atoms with E-state index in [1.807, 2.05) is 12.1 Å². The normalized spacial score (nSPS) is 32.6. The molecule has 4 nitrogen and oxygen atoms in total. The van der Waals surface area contributed by atoms with E-state index < -0.39 is 0 Å². The molecule has 2 fully saturated rings. The highest BCUT2D eigenvalue weighted by Crippen LogP contribution is 2.35. The number of hydrogen-bond acceptors (Lipinski definition) is 4. The minimum atomic E-state index is 0.319. The van der Waals surface area contributed by atoms with Gasteiger partial charge in [-0.1, -0.05) is 0 Å². The van der Waals surface area contributed by atoms with Crippen LogP contribution in [-0.4, -0.2) is 35.1 Å². The summed E-state index contributed by atoms with van der Waals surface area (Å²) in [6, 6.07) is 5.10. The Kier molecular flexibility index (Phi) is 2.67. The van der Waals surface area contributed by atoms with Crippen molar-refractivity contribution in [3.63, 3.8) is 0 Å². The summed E-state index contributed by atoms with van der Waals surface area (Å²) in [7, 11) is 2.24. The van der Waals surface area contributed by atoms with Gasteiger partial charge in [-0.15, -0.1) is 0 Å². The zero-order chi connectivity index (χ0) is 11.8. The van der Waals surface area contributed by atoms with Crippen LogP contribution >= 0.6 is 0 Å². The van der Waals surface area contributed by atoms with Crippen LogP contribution in [0.5, 0.6) is 5.88 Å². The van der Waals surface area contributed by atoms with Gasteiger partial charge < -0.3 is 15.4 Å². The number of piperidine rings is 1. The number of ether oxygens (including phenoxy) is 1. The molecule has 2 aliphatic heterocycles. The van der Waals surface area contributed by atoms with Gasteiger partial charge in [0.2, 0.25) is 5.88 Å². The van der Waals surface area contributed by atoms with Gasteiger partial charge in [0, 0.05) is 18.2 Å². The topological polar surface area (TPSA) is 51.4 Å². The first-order chi connectivity index (χ1) is 8.22. The quantitative estimate of drug-likeness (QED) is 0.844. The summed E-state index contributed by atoms with van der Waals surface area (Å²) >= 11 is 0. The minimum absolute atomic E-state index is 0.319. The van der Waals surface area contributed by atoms with Gasteiger partial charge in [-0.3, -0.25) is 0 Å². The van der Waals surface area contributed by atoms with Crippen LogP contribution in [0.1, 0.15) is 25.7 Å². The highest BCUT2D eigenvalue weighted by molar-refractivity contribution is 5.36. The lowest BCUT2D eigenvalue weighted by Gasteiger charge is -2.36. The standard InChI is InChI=1S/C13H19N3O/c1-16-10-3-4-11(16)7-12(6-10)17-13-5-2-9(14)8-15-13/h2,5,8,10-12H,3-4,6-7,14H2,1H3/t10-,11+,12?. The van der Waals surface area contributed by atoms with E-state index in [2.05, 4.69) is 16.9 Å². The molecule has 1 aromatic rings. The fraction of sp³-hybridized carbons (Fsp3) is 0.615. The van der Waals surface area contributed by atoms with Crippen molar-refractivity contribution in [2.75, 3.05) is 12.8 Å². The largest absolute Gasteiger partial charge is 0.474 e. The monoisotopic (exact) mass is 233 g/mol. The molecule has 0 aromatic carbocycles. The molecule has 0 radical (unpaired) electrons. The van der Waals surface area contributed by atoms with Crippen molar-refractivity contribution in [1.29, 1.82) is 0 Å². The van der Waals surface area contributed by atoms with Gasteiger partial charge in [-0.05, 0) is 38.8 Å². The molecule has 4 heteroatoms. The molecular formula is C13H19N3O. The molecule has 2 aliphatic rings. The van der Waals surface area contributed by atoms with Crippen molar-refractivity contribution in [1.82, 2.24) is 9.88 Å². The maximum absolute atomic E-state index is 5.95. The van der Waals surface area contributed by atoms with Crippen LogP contribution in [0.15, 0.2) is 18.3 Å². The molecule has 1 aromatic heterocycles. The average molecular weight is 233 g/mol. The summed E-state index contributed by atoms with van der Waals surface area (Å²) in [5, 5.41) is 0. The number of nitrogen functional groups attached to an aromatic ring is 1. The molecular weight excluding hydrogens is 214 g/mol. The smallest absolute Gasteiger partial charge is 0.213 e. The van der Waals surface area contributed by atoms with Crippen LogP contribution in [0.3, 0.4) is 0 Å². The lowest BCUT2D eigenvalue weighted by atomic mass is 10.0. The Balaban J connectivity index is 1.65. The third-order valence-electron chi connectivity index (χ3n) is 4.10. The highest BCUT2D eigenvalue weighted by Gasteiger charge is 2.39. The van der Waals surface area contributed by atoms with Gasteiger partial charge in [-0.2, -0.15) is 0 Å². The summed E-state index contributed by atoms with van der Waals surface area (Å²) in [6.45, 7) is 0. The van der Waals surface area contributed by atoms with Crippen molar-refractivity contribution >= 4 is 5.69 Å². The second kappa shape index (κ2) is 4.18. The molecule has 2 N–H and O–H groups in total. The Morgan fingerprint density at radius 2 is 2.00 bits per heavy atom. The first-order valence-electron chi connectivity index (χ1n) is 6.32. The molecule has 92 valence electrons. The number of fused-ring (bicyclic) bond motifs is 2. The summed E-state index contributed by atoms with van der Waals surface area (Å²) < 4.78 is 5.95. The third-order valence-corrected chi connectivity index (χ3v) is 4.10. The minimum Gasteiger partial charge on any atom is -0.474 e. The average Bonchev–Trinajstić information content (AvgIpc) is 2.55. The van der Waals surface area contributed by atoms with Crippen molar-refractivity contribution in [2.45, 2.75) is 43.9 Å². The van der Waals surface area contributed by atoms with Crippen LogP contribution in [0, 0.1) is 0 Å². The lowest BCUT2D eigenvalue weighted by Crippen LogP contribution is -2.43. The number of anilines is 1. The number of nitrogens with zero attached hydrogens (tertiary/aromatic N) is 2. The molecule has 0 aliphatic carbocycles. The number of rotatable bonds is 2. The molecule has 2 bridgehead atoms. The summed E-state index contributed by atoms with van der Waals surface area (Å²) in [6.07, 6.45) is 6.85. The molecule has 3 rings (SSSR count). The van der Waals surface area contributed by atoms with E-state index in [4.69, 9.17) is 10.5 Å². The SMILES string of the molecule is CN1[C@@H]2CC[C@H]1CC(Oc1ccc(N)cn1)C2. The zero-order valence-electron chi connectivity index (χ0n) is 10.2. The first-order valence-corrected chi connectivity index (χ1v) is 6.32. The molecule has 0 saturated carbocycles. The van der Waals surface area contributed by atoms with Gasteiger partial charge in [-0.25, -0.2) is 4.98 Å². The predicted octanol–water partition coefficient (Wildman–Crippen LogP) is 1.67. The summed E-state index contributed by atoms with van der Waals surface area (Å²) in [5.41, 5.74) is 6.29. The molecule has 1 unspecified atom stereocenters. The van der Waals surface area contributed by atoms with E-state index in [1.165, 1.54) is 12.8 Å². The maximum atomic E-state index is 5.95. The predicted molar refractivity (Wildman–Crippen MR) is 66.9 cm³/mol. The van der Waals surface area contributed by atoms with Crippen LogP contribution in [0.4, 0.5) is 5.69 Å². The fourth-order valence-electron chi connectivity index (χ4n) is 3.09. The first kappa shape index (κ1) is 10.8. The Bertz CT molecular complexity index is 378. The maximum Gasteiger partial charge on any atom is 0.213 e. The van der Waals surface area contributed by atoms with E-state index in [0.29, 0.717) is 29.8 Å². The number of hydrogen-bond donors (Lipinski definition) is 1. The zero-order valence-corrected chi connectivity index (χ0v) is 10.2. The number of nitrogens with two attached hydrogens (primary N) is 1. The van der Waals surface area contributed by atoms with E-state index in [0.717, 1.165) is 12.8 Å². The van der Waals surface area contributed by atoms with E-state index in [-0.39, 0.29) is 0 Å². The Morgan fingerprint density at radius 3 is 2.59 bits per heavy atom. The van der Waals surface area contributed by atoms with Gasteiger partial charge in [0.25, 0.3) is 0 Å². The van der Waals surface area contributed by atoms with Crippen LogP contribution < -0.4 is 10.5 Å². The lowest BCUT2D eigenvalue weighted by molar-refractivity contribution is 0.0633. The van der Waals surface area contributed by atoms with Crippen molar-refractivity contribution in [3.05, 3.63) is 18.3 Å². The van der Waals surface area contributed by atoms with Crippen LogP contribution in [0.25, 0.3) is 0 Å². The van der Waals surface area contributed by atoms with Crippen molar-refractivity contribution < 1.29 is 4.74 Å². The van der Waals surface area contributed by atoms with E-state index in [9.17, 15) is 0 Å². The number of pyridine rings is 1. The molecule has 3 heterocycles. The molecule has 2 saturated heterocycles. The van der Waals surface area contributed by atoms with Crippen molar-refractivity contribution in [3.8, 4) is 5.88 Å². The fourth-order valence-corrected chi connectivity index (χ4v) is 3.09. The highest BCUT2D eigenvalue weighted by atomic mass is 16.5. The van der Waals surface area contributed by atoms with Crippen molar-refractivity contribution in [2.24, 2.45) is 0 Å². The van der Waals surface area contributed by atoms with Gasteiger partial charge >= 0.3 is 0 Å². The third kappa shape index (κ3) is 2.09. The van der Waals surface area contributed by atoms with Crippen LogP contribution in [-0.2, 0) is 0 Å². The molecule has 0 amide bonds. The van der Waals surface area contributed by atoms with Gasteiger partial charge in [0.1, 0.15) is 6.10 Å². The van der Waals surface area contributed by atoms with Gasteiger partial charge in [0.05, 0.1) is 11.9 Å². The Morgan fingerprint density at radius 1 is 1.29 bits per heavy atom. The summed E-state index contributed by atoms with van der Waals surface area (Å²) in [5.74, 6) is 0.702. The molecule has 3 atom stereocenters. The summed E-state index contributed by atoms with van der Waals surface area (Å²) in [4.78, 5) is 6.71. The molecule has 0 spiro atoms. The van der Waals surface area contributed by atoms with Gasteiger partial charge in [0.15, 0.2) is 0 Å². The number of aromatic nitrogens is 1. The van der Waals surface area contributed by atoms with E-state index in [1.54, 1.807) is 6.20 Å². The van der Waals surface area contributed by atoms with E-state index >= 15 is 0 Å². The Labute approximate surface area is 102 Å². The second-order valence-corrected chi connectivity index (χ2v) is 5.19. The molecule has 17 heavy (non-hydrogen) atoms. The van der Waals surface area contributed by atoms with Crippen LogP contribution in [0.2, 0.25) is 0 Å². The second-order valence-electron chi connectivity index (χ2n) is 5.19. The Hall–Kier alpha value is -1.29.